The lowest BCUT2D eigenvalue weighted by Gasteiger charge is -2.35. The second-order valence-electron chi connectivity index (χ2n) is 12.0. The van der Waals surface area contributed by atoms with E-state index in [9.17, 15) is 14.4 Å². The molecule has 1 fully saturated rings. The average molecular weight is 669 g/mol. The number of carbonyl (C=O) groups is 2. The molecule has 1 atom stereocenters. The van der Waals surface area contributed by atoms with Gasteiger partial charge in [0, 0.05) is 36.8 Å². The van der Waals surface area contributed by atoms with E-state index in [2.05, 4.69) is 20.4 Å². The molecule has 6 rings (SSSR count). The van der Waals surface area contributed by atoms with Crippen molar-refractivity contribution >= 4 is 34.3 Å². The largest absolute Gasteiger partial charge is 0.489 e. The number of nitrogens with one attached hydrogen (secondary N) is 1. The molecule has 2 amide bonds. The molecule has 0 spiro atoms. The molecule has 1 N–H and O–H groups in total. The van der Waals surface area contributed by atoms with Crippen LogP contribution in [0.15, 0.2) is 83.9 Å². The highest BCUT2D eigenvalue weighted by atomic mass is 35.5. The van der Waals surface area contributed by atoms with Gasteiger partial charge < -0.3 is 15.0 Å². The Kier molecular flexibility index (Phi) is 9.83. The van der Waals surface area contributed by atoms with Crippen molar-refractivity contribution in [3.05, 3.63) is 111 Å². The van der Waals surface area contributed by atoms with Gasteiger partial charge in [0.2, 0.25) is 0 Å². The maximum Gasteiger partial charge on any atom is 0.317 e. The van der Waals surface area contributed by atoms with Gasteiger partial charge in [-0.2, -0.15) is 15.0 Å². The minimum Gasteiger partial charge on any atom is -0.489 e. The number of ketones is 1. The van der Waals surface area contributed by atoms with E-state index in [1.54, 1.807) is 39.8 Å². The van der Waals surface area contributed by atoms with E-state index < -0.39 is 0 Å². The summed E-state index contributed by atoms with van der Waals surface area (Å²) in [6.45, 7) is 8.20. The lowest BCUT2D eigenvalue weighted by molar-refractivity contribution is 0.0962. The number of amides is 2. The van der Waals surface area contributed by atoms with Crippen LogP contribution in [-0.4, -0.2) is 78.4 Å². The van der Waals surface area contributed by atoms with Crippen LogP contribution in [0, 0.1) is 0 Å². The summed E-state index contributed by atoms with van der Waals surface area (Å²) < 4.78 is 7.71. The molecule has 3 aromatic carbocycles. The lowest BCUT2D eigenvalue weighted by Crippen LogP contribution is -2.52. The quantitative estimate of drug-likeness (QED) is 0.209. The highest BCUT2D eigenvalue weighted by molar-refractivity contribution is 6.30. The first-order chi connectivity index (χ1) is 23.2. The highest BCUT2D eigenvalue weighted by Crippen LogP contribution is 2.27. The number of halogens is 1. The van der Waals surface area contributed by atoms with Gasteiger partial charge in [-0.1, -0.05) is 35.9 Å². The summed E-state index contributed by atoms with van der Waals surface area (Å²) in [4.78, 5) is 50.8. The summed E-state index contributed by atoms with van der Waals surface area (Å²) in [6, 6.07) is 19.4. The van der Waals surface area contributed by atoms with E-state index in [0.29, 0.717) is 71.5 Å². The van der Waals surface area contributed by atoms with Gasteiger partial charge in [-0.25, -0.2) is 9.78 Å². The van der Waals surface area contributed by atoms with Crippen LogP contribution < -0.4 is 15.6 Å². The molecule has 1 aliphatic rings. The molecule has 0 aliphatic carbocycles. The fourth-order valence-corrected chi connectivity index (χ4v) is 5.84. The van der Waals surface area contributed by atoms with Crippen LogP contribution in [0.25, 0.3) is 16.6 Å². The van der Waals surface area contributed by atoms with Gasteiger partial charge in [-0.3, -0.25) is 19.1 Å². The second-order valence-corrected chi connectivity index (χ2v) is 12.4. The molecule has 0 saturated carbocycles. The van der Waals surface area contributed by atoms with Gasteiger partial charge in [-0.15, -0.1) is 0 Å². The predicted molar refractivity (Wildman–Crippen MR) is 183 cm³/mol. The Balaban J connectivity index is 1.27. The summed E-state index contributed by atoms with van der Waals surface area (Å²) in [5, 5.41) is 12.3. The fraction of sp³-hybridized carbons (Fsp3) is 0.314. The first kappa shape index (κ1) is 32.9. The normalized spacial score (nSPS) is 14.3. The zero-order valence-corrected chi connectivity index (χ0v) is 27.8. The number of Topliss-reactive ketones (excluding diaryl/α,β-unsaturated/α-hetero) is 1. The summed E-state index contributed by atoms with van der Waals surface area (Å²) in [7, 11) is 0. The number of para-hydroxylation sites is 1. The molecule has 248 valence electrons. The highest BCUT2D eigenvalue weighted by Gasteiger charge is 2.25. The van der Waals surface area contributed by atoms with Crippen LogP contribution in [0.1, 0.15) is 48.6 Å². The Bertz CT molecular complexity index is 1970. The molecule has 13 heteroatoms. The van der Waals surface area contributed by atoms with Gasteiger partial charge in [0.25, 0.3) is 5.56 Å². The molecule has 3 heterocycles. The van der Waals surface area contributed by atoms with Gasteiger partial charge in [0.15, 0.2) is 5.78 Å². The summed E-state index contributed by atoms with van der Waals surface area (Å²) in [5.41, 5.74) is 2.09. The number of piperazine rings is 1. The van der Waals surface area contributed by atoms with Crippen LogP contribution in [0.3, 0.4) is 0 Å². The molecule has 1 unspecified atom stereocenters. The SMILES string of the molecule is CC(C)Oc1ccc(C(=O)Cn2nccn2)cc1-n1c(CN2CCN(C(=O)NC(C)c3ccc(Cl)cc3)CC2)nc2ccccc2c1=O. The number of carbonyl (C=O) groups excluding carboxylic acids is 2. The molecule has 48 heavy (non-hydrogen) atoms. The zero-order valence-electron chi connectivity index (χ0n) is 27.0. The third-order valence-electron chi connectivity index (χ3n) is 8.22. The summed E-state index contributed by atoms with van der Waals surface area (Å²) in [5.74, 6) is 0.738. The lowest BCUT2D eigenvalue weighted by atomic mass is 10.1. The molecule has 5 aromatic rings. The minimum absolute atomic E-state index is 0.0507. The van der Waals surface area contributed by atoms with E-state index in [-0.39, 0.29) is 36.1 Å². The number of fused-ring (bicyclic) bond motifs is 1. The van der Waals surface area contributed by atoms with Crippen molar-refractivity contribution in [3.63, 3.8) is 0 Å². The van der Waals surface area contributed by atoms with E-state index >= 15 is 0 Å². The number of benzene rings is 3. The number of urea groups is 1. The molecular weight excluding hydrogens is 632 g/mol. The van der Waals surface area contributed by atoms with Gasteiger partial charge >= 0.3 is 6.03 Å². The van der Waals surface area contributed by atoms with Crippen molar-refractivity contribution < 1.29 is 14.3 Å². The predicted octanol–water partition coefficient (Wildman–Crippen LogP) is 4.89. The number of aromatic nitrogens is 5. The Hall–Kier alpha value is -5.07. The zero-order chi connectivity index (χ0) is 33.8. The third-order valence-corrected chi connectivity index (χ3v) is 8.47. The standard InChI is InChI=1S/C35H37ClN8O4/c1-23(2)48-32-13-10-26(31(45)21-43-37-14-15-38-43)20-30(32)44-33(40-29-7-5-4-6-28(29)34(44)46)22-41-16-18-42(19-17-41)35(47)39-24(3)25-8-11-27(36)12-9-25/h4-15,20,23-24H,16-19,21-22H2,1-3H3,(H,39,47). The smallest absolute Gasteiger partial charge is 0.317 e. The Morgan fingerprint density at radius 2 is 1.65 bits per heavy atom. The Labute approximate surface area is 282 Å². The van der Waals surface area contributed by atoms with E-state index in [1.165, 1.54) is 17.2 Å². The number of ether oxygens (including phenoxy) is 1. The third kappa shape index (κ3) is 7.40. The molecular formula is C35H37ClN8O4. The van der Waals surface area contributed by atoms with Crippen LogP contribution in [-0.2, 0) is 13.1 Å². The van der Waals surface area contributed by atoms with Crippen molar-refractivity contribution in [2.75, 3.05) is 26.2 Å². The van der Waals surface area contributed by atoms with Gasteiger partial charge in [0.1, 0.15) is 18.1 Å². The molecule has 12 nitrogen and oxygen atoms in total. The topological polar surface area (TPSA) is 127 Å². The first-order valence-corrected chi connectivity index (χ1v) is 16.3. The Morgan fingerprint density at radius 3 is 2.35 bits per heavy atom. The van der Waals surface area contributed by atoms with Gasteiger partial charge in [0.05, 0.1) is 47.7 Å². The second kappa shape index (κ2) is 14.4. The molecule has 1 saturated heterocycles. The van der Waals surface area contributed by atoms with Crippen LogP contribution in [0.5, 0.6) is 5.75 Å². The maximum absolute atomic E-state index is 14.2. The summed E-state index contributed by atoms with van der Waals surface area (Å²) >= 11 is 6.02. The number of nitrogens with zero attached hydrogens (tertiary/aromatic N) is 7. The van der Waals surface area contributed by atoms with Crippen LogP contribution in [0.2, 0.25) is 5.02 Å². The number of rotatable bonds is 10. The van der Waals surface area contributed by atoms with Gasteiger partial charge in [-0.05, 0) is 68.8 Å². The van der Waals surface area contributed by atoms with E-state index in [0.717, 1.165) is 5.56 Å². The fourth-order valence-electron chi connectivity index (χ4n) is 5.72. The van der Waals surface area contributed by atoms with Crippen LogP contribution in [0.4, 0.5) is 4.79 Å². The number of hydrogen-bond acceptors (Lipinski definition) is 8. The van der Waals surface area contributed by atoms with E-state index in [1.807, 2.05) is 57.2 Å². The monoisotopic (exact) mass is 668 g/mol. The molecule has 0 radical (unpaired) electrons. The van der Waals surface area contributed by atoms with E-state index in [4.69, 9.17) is 21.3 Å². The number of hydrogen-bond donors (Lipinski definition) is 1. The average Bonchev–Trinajstić information content (AvgIpc) is 3.59. The van der Waals surface area contributed by atoms with Crippen molar-refractivity contribution in [1.29, 1.82) is 0 Å². The van der Waals surface area contributed by atoms with Crippen LogP contribution >= 0.6 is 11.6 Å². The van der Waals surface area contributed by atoms with Crippen molar-refractivity contribution in [2.45, 2.75) is 46.0 Å². The van der Waals surface area contributed by atoms with Crippen molar-refractivity contribution in [3.8, 4) is 11.4 Å². The molecule has 2 aromatic heterocycles. The molecule has 1 aliphatic heterocycles. The first-order valence-electron chi connectivity index (χ1n) is 15.9. The molecule has 0 bridgehead atoms. The van der Waals surface area contributed by atoms with Crippen molar-refractivity contribution in [1.82, 2.24) is 39.7 Å². The Morgan fingerprint density at radius 1 is 0.938 bits per heavy atom. The summed E-state index contributed by atoms with van der Waals surface area (Å²) in [6.07, 6.45) is 2.84. The van der Waals surface area contributed by atoms with Crippen molar-refractivity contribution in [2.24, 2.45) is 0 Å². The maximum atomic E-state index is 14.2. The minimum atomic E-state index is -0.267.